The minimum absolute atomic E-state index is 0.0508. The molecule has 2 heterocycles. The summed E-state index contributed by atoms with van der Waals surface area (Å²) in [7, 11) is -3.94. The van der Waals surface area contributed by atoms with Crippen LogP contribution < -0.4 is 20.7 Å². The number of likely N-dealkylation sites (tertiary alicyclic amines) is 1. The van der Waals surface area contributed by atoms with Crippen LogP contribution in [0, 0.1) is 11.7 Å². The van der Waals surface area contributed by atoms with Crippen LogP contribution >= 0.6 is 0 Å². The van der Waals surface area contributed by atoms with Crippen LogP contribution in [0.5, 0.6) is 0 Å². The predicted molar refractivity (Wildman–Crippen MR) is 182 cm³/mol. The van der Waals surface area contributed by atoms with Gasteiger partial charge in [0, 0.05) is 25.1 Å². The van der Waals surface area contributed by atoms with Crippen LogP contribution in [0.1, 0.15) is 70.9 Å². The molecule has 4 aliphatic rings. The van der Waals surface area contributed by atoms with Gasteiger partial charge in [0.1, 0.15) is 35.1 Å². The van der Waals surface area contributed by atoms with E-state index >= 15 is 0 Å². The van der Waals surface area contributed by atoms with E-state index in [0.29, 0.717) is 30.4 Å². The van der Waals surface area contributed by atoms with Crippen molar-refractivity contribution in [3.8, 4) is 0 Å². The van der Waals surface area contributed by atoms with E-state index in [0.717, 1.165) is 11.0 Å². The van der Waals surface area contributed by atoms with Crippen molar-refractivity contribution in [2.45, 2.75) is 107 Å². The Kier molecular flexibility index (Phi) is 10.9. The van der Waals surface area contributed by atoms with Crippen molar-refractivity contribution in [3.63, 3.8) is 0 Å². The minimum Gasteiger partial charge on any atom is -0.444 e. The number of hydrogen-bond donors (Lipinski definition) is 4. The number of hydrogen-bond acceptors (Lipinski definition) is 10. The van der Waals surface area contributed by atoms with Crippen molar-refractivity contribution in [2.24, 2.45) is 5.92 Å². The summed E-state index contributed by atoms with van der Waals surface area (Å²) in [5, 5.41) is 6.89. The fourth-order valence-corrected chi connectivity index (χ4v) is 7.89. The molecule has 5 rings (SSSR count). The van der Waals surface area contributed by atoms with Crippen molar-refractivity contribution in [1.82, 2.24) is 30.5 Å². The Morgan fingerprint density at radius 1 is 1.13 bits per heavy atom. The van der Waals surface area contributed by atoms with Crippen LogP contribution in [0.3, 0.4) is 0 Å². The maximum absolute atomic E-state index is 14.4. The van der Waals surface area contributed by atoms with Gasteiger partial charge in [-0.25, -0.2) is 22.4 Å². The summed E-state index contributed by atoms with van der Waals surface area (Å²) in [4.78, 5) is 82.2. The number of sulfonamides is 1. The molecule has 1 aromatic carbocycles. The number of nitrogens with one attached hydrogen (secondary N) is 4. The van der Waals surface area contributed by atoms with Gasteiger partial charge in [-0.3, -0.25) is 28.8 Å². The van der Waals surface area contributed by atoms with Crippen molar-refractivity contribution >= 4 is 45.8 Å². The van der Waals surface area contributed by atoms with Gasteiger partial charge in [-0.05, 0) is 63.7 Å². The van der Waals surface area contributed by atoms with Gasteiger partial charge < -0.3 is 30.3 Å². The minimum atomic E-state index is -3.94. The first-order valence-electron chi connectivity index (χ1n) is 17.2. The van der Waals surface area contributed by atoms with E-state index in [1.807, 2.05) is 0 Å². The van der Waals surface area contributed by atoms with Gasteiger partial charge in [0.05, 0.1) is 18.3 Å². The first kappa shape index (κ1) is 38.5. The summed E-state index contributed by atoms with van der Waals surface area (Å²) in [5.74, 6) is -4.05. The third-order valence-electron chi connectivity index (χ3n) is 9.50. The molecule has 0 aromatic heterocycles. The topological polar surface area (TPSA) is 210 Å². The predicted octanol–water partition coefficient (Wildman–Crippen LogP) is 1.34. The molecular weight excluding hydrogens is 703 g/mol. The molecule has 0 spiro atoms. The molecule has 4 N–H and O–H groups in total. The van der Waals surface area contributed by atoms with Gasteiger partial charge in [0.25, 0.3) is 5.91 Å². The van der Waals surface area contributed by atoms with Crippen LogP contribution in [0.4, 0.5) is 14.0 Å². The number of benzene rings is 1. The standard InChI is InChI=1S/C34H45FN6O10S/c1-6-20-14-34(20,30(45)39-52(48,49)22-11-12-22)38-28(43)26-13-21(50-32(47)40-16-19-9-8-10-24(35)23(19)18-40)17-41(26)29(44)25(15-36-27(42)7-2)37-31(46)51-33(3,4)5/h7-10,20-22,25-26H,2,6,11-18H2,1,3-5H3,(H,36,42)(H,37,46)(H,38,43)(H,39,45)/t20-,21-,25+,26+,34-/m1/s1. The fraction of sp³-hybridized carbons (Fsp3) is 0.588. The molecule has 1 saturated heterocycles. The largest absolute Gasteiger partial charge is 0.444 e. The molecule has 3 fully saturated rings. The molecule has 0 unspecified atom stereocenters. The Morgan fingerprint density at radius 2 is 1.85 bits per heavy atom. The highest BCUT2D eigenvalue weighted by atomic mass is 32.2. The number of rotatable bonds is 12. The molecule has 2 aliphatic heterocycles. The average Bonchev–Trinajstić information content (AvgIpc) is 3.96. The first-order valence-corrected chi connectivity index (χ1v) is 18.7. The van der Waals surface area contributed by atoms with Crippen LogP contribution in [0.15, 0.2) is 30.9 Å². The summed E-state index contributed by atoms with van der Waals surface area (Å²) in [5.41, 5.74) is -1.55. The molecule has 0 radical (unpaired) electrons. The highest BCUT2D eigenvalue weighted by molar-refractivity contribution is 7.91. The van der Waals surface area contributed by atoms with Crippen LogP contribution in [0.25, 0.3) is 0 Å². The van der Waals surface area contributed by atoms with Crippen molar-refractivity contribution in [2.75, 3.05) is 13.1 Å². The number of ether oxygens (including phenoxy) is 2. The smallest absolute Gasteiger partial charge is 0.410 e. The lowest BCUT2D eigenvalue weighted by Crippen LogP contribution is -2.59. The zero-order valence-corrected chi connectivity index (χ0v) is 30.3. The Hall–Kier alpha value is -4.74. The summed E-state index contributed by atoms with van der Waals surface area (Å²) < 4.78 is 52.8. The van der Waals surface area contributed by atoms with Crippen LogP contribution in [-0.4, -0.2) is 102 Å². The number of nitrogens with zero attached hydrogens (tertiary/aromatic N) is 2. The van der Waals surface area contributed by atoms with E-state index in [9.17, 15) is 41.6 Å². The number of carbonyl (C=O) groups excluding carboxylic acids is 6. The maximum Gasteiger partial charge on any atom is 0.410 e. The van der Waals surface area contributed by atoms with Crippen LogP contribution in [-0.2, 0) is 51.8 Å². The maximum atomic E-state index is 14.4. The normalized spacial score (nSPS) is 24.2. The van der Waals surface area contributed by atoms with E-state index in [1.165, 1.54) is 17.0 Å². The molecule has 52 heavy (non-hydrogen) atoms. The van der Waals surface area contributed by atoms with Gasteiger partial charge in [-0.2, -0.15) is 0 Å². The Bertz CT molecular complexity index is 1760. The molecule has 16 nitrogen and oxygen atoms in total. The molecule has 2 aliphatic carbocycles. The quantitative estimate of drug-likeness (QED) is 0.226. The second kappa shape index (κ2) is 14.7. The van der Waals surface area contributed by atoms with Crippen molar-refractivity contribution in [1.29, 1.82) is 0 Å². The summed E-state index contributed by atoms with van der Waals surface area (Å²) in [6.45, 7) is 9.27. The zero-order chi connectivity index (χ0) is 38.2. The number of alkyl carbamates (subject to hydrolysis) is 1. The molecule has 1 aromatic rings. The third kappa shape index (κ3) is 8.65. The molecule has 5 atom stereocenters. The number of fused-ring (bicyclic) bond motifs is 1. The second-order valence-electron chi connectivity index (χ2n) is 14.6. The molecule has 0 bridgehead atoms. The Morgan fingerprint density at radius 3 is 2.44 bits per heavy atom. The average molecular weight is 749 g/mol. The molecule has 6 amide bonds. The van der Waals surface area contributed by atoms with E-state index in [1.54, 1.807) is 33.8 Å². The summed E-state index contributed by atoms with van der Waals surface area (Å²) in [6.07, 6.45) is -0.697. The van der Waals surface area contributed by atoms with Gasteiger partial charge in [-0.15, -0.1) is 0 Å². The highest BCUT2D eigenvalue weighted by Gasteiger charge is 2.62. The fourth-order valence-electron chi connectivity index (χ4n) is 6.52. The van der Waals surface area contributed by atoms with E-state index in [2.05, 4.69) is 27.3 Å². The lowest BCUT2D eigenvalue weighted by Gasteiger charge is -2.30. The lowest BCUT2D eigenvalue weighted by atomic mass is 10.1. The number of carbonyl (C=O) groups is 6. The van der Waals surface area contributed by atoms with Gasteiger partial charge >= 0.3 is 12.2 Å². The number of halogens is 1. The third-order valence-corrected chi connectivity index (χ3v) is 11.3. The van der Waals surface area contributed by atoms with E-state index in [4.69, 9.17) is 9.47 Å². The summed E-state index contributed by atoms with van der Waals surface area (Å²) >= 11 is 0. The second-order valence-corrected chi connectivity index (χ2v) is 16.5. The number of amides is 6. The van der Waals surface area contributed by atoms with E-state index < -0.39 is 98.7 Å². The molecule has 2 saturated carbocycles. The lowest BCUT2D eigenvalue weighted by molar-refractivity contribution is -0.141. The Balaban J connectivity index is 1.38. The van der Waals surface area contributed by atoms with Gasteiger partial charge in [0.15, 0.2) is 0 Å². The molecule has 284 valence electrons. The summed E-state index contributed by atoms with van der Waals surface area (Å²) in [6, 6.07) is 1.68. The Labute approximate surface area is 301 Å². The van der Waals surface area contributed by atoms with Crippen molar-refractivity contribution in [3.05, 3.63) is 47.8 Å². The van der Waals surface area contributed by atoms with Crippen LogP contribution in [0.2, 0.25) is 0 Å². The van der Waals surface area contributed by atoms with E-state index in [-0.39, 0.29) is 32.5 Å². The zero-order valence-electron chi connectivity index (χ0n) is 29.5. The SMILES string of the molecule is C=CC(=O)NC[C@H](NC(=O)OC(C)(C)C)C(=O)N1C[C@H](OC(=O)N2Cc3cccc(F)c3C2)C[C@H]1C(=O)N[C@]1(C(=O)NS(=O)(=O)C2CC2)C[C@H]1CC. The first-order chi connectivity index (χ1) is 24.4. The van der Waals surface area contributed by atoms with Gasteiger partial charge in [0.2, 0.25) is 27.7 Å². The monoisotopic (exact) mass is 748 g/mol. The highest BCUT2D eigenvalue weighted by Crippen LogP contribution is 2.47. The van der Waals surface area contributed by atoms with Gasteiger partial charge in [-0.1, -0.05) is 32.1 Å². The van der Waals surface area contributed by atoms with Crippen molar-refractivity contribution < 1.29 is 51.0 Å². The molecule has 18 heteroatoms. The molecular formula is C34H45FN6O10S.